The van der Waals surface area contributed by atoms with Gasteiger partial charge in [-0.2, -0.15) is 0 Å². The summed E-state index contributed by atoms with van der Waals surface area (Å²) in [7, 11) is 0. The molecule has 2 aromatic rings. The number of benzene rings is 2. The van der Waals surface area contributed by atoms with E-state index in [0.29, 0.717) is 16.5 Å². The van der Waals surface area contributed by atoms with Crippen LogP contribution in [0.3, 0.4) is 0 Å². The van der Waals surface area contributed by atoms with Crippen LogP contribution in [0.25, 0.3) is 0 Å². The number of anilines is 1. The molecule has 0 fully saturated rings. The molecule has 0 saturated carbocycles. The van der Waals surface area contributed by atoms with Crippen molar-refractivity contribution in [1.29, 1.82) is 0 Å². The van der Waals surface area contributed by atoms with Gasteiger partial charge in [0.1, 0.15) is 5.75 Å². The molecular formula is C16H15BrClNO2. The second-order valence-electron chi connectivity index (χ2n) is 4.71. The fraction of sp³-hybridized carbons (Fsp3) is 0.188. The molecule has 0 aliphatic rings. The lowest BCUT2D eigenvalue weighted by Crippen LogP contribution is -2.20. The first kappa shape index (κ1) is 15.9. The molecule has 5 heteroatoms. The van der Waals surface area contributed by atoms with Crippen molar-refractivity contribution in [2.24, 2.45) is 0 Å². The van der Waals surface area contributed by atoms with Crippen LogP contribution in [-0.4, -0.2) is 12.5 Å². The van der Waals surface area contributed by atoms with Crippen molar-refractivity contribution in [2.75, 3.05) is 11.9 Å². The van der Waals surface area contributed by atoms with Gasteiger partial charge < -0.3 is 10.1 Å². The van der Waals surface area contributed by atoms with Crippen LogP contribution >= 0.6 is 27.5 Å². The smallest absolute Gasteiger partial charge is 0.262 e. The Kier molecular flexibility index (Phi) is 5.26. The van der Waals surface area contributed by atoms with E-state index in [4.69, 9.17) is 16.3 Å². The molecule has 0 unspecified atom stereocenters. The zero-order valence-electron chi connectivity index (χ0n) is 11.7. The Bertz CT molecular complexity index is 673. The quantitative estimate of drug-likeness (QED) is 0.846. The minimum Gasteiger partial charge on any atom is -0.484 e. The van der Waals surface area contributed by atoms with Crippen LogP contribution in [0.1, 0.15) is 11.1 Å². The number of carbonyl (C=O) groups excluding carboxylic acids is 1. The summed E-state index contributed by atoms with van der Waals surface area (Å²) in [5.74, 6) is 0.424. The number of hydrogen-bond donors (Lipinski definition) is 1. The molecule has 21 heavy (non-hydrogen) atoms. The van der Waals surface area contributed by atoms with Crippen LogP contribution in [0.5, 0.6) is 5.75 Å². The summed E-state index contributed by atoms with van der Waals surface area (Å²) in [6.07, 6.45) is 0. The van der Waals surface area contributed by atoms with Crippen LogP contribution in [0.15, 0.2) is 40.9 Å². The van der Waals surface area contributed by atoms with Crippen molar-refractivity contribution in [3.8, 4) is 5.75 Å². The Labute approximate surface area is 137 Å². The van der Waals surface area contributed by atoms with Gasteiger partial charge >= 0.3 is 0 Å². The van der Waals surface area contributed by atoms with Gasteiger partial charge in [-0.1, -0.05) is 33.6 Å². The maximum absolute atomic E-state index is 11.9. The molecule has 3 nitrogen and oxygen atoms in total. The van der Waals surface area contributed by atoms with Gasteiger partial charge in [0.2, 0.25) is 0 Å². The topological polar surface area (TPSA) is 38.3 Å². The first-order valence-electron chi connectivity index (χ1n) is 6.40. The molecule has 0 bridgehead atoms. The van der Waals surface area contributed by atoms with Crippen LogP contribution < -0.4 is 10.1 Å². The second-order valence-corrected chi connectivity index (χ2v) is 6.03. The fourth-order valence-corrected chi connectivity index (χ4v) is 2.45. The lowest BCUT2D eigenvalue weighted by atomic mass is 10.1. The van der Waals surface area contributed by atoms with Gasteiger partial charge in [0, 0.05) is 4.47 Å². The van der Waals surface area contributed by atoms with Crippen molar-refractivity contribution in [2.45, 2.75) is 13.8 Å². The standard InChI is InChI=1S/C16H15BrClNO2/c1-10-3-5-13(7-11(10)2)21-9-16(20)19-15-6-4-12(17)8-14(15)18/h3-8H,9H2,1-2H3,(H,19,20). The molecule has 0 heterocycles. The Morgan fingerprint density at radius 1 is 1.19 bits per heavy atom. The Balaban J connectivity index is 1.94. The lowest BCUT2D eigenvalue weighted by Gasteiger charge is -2.10. The Morgan fingerprint density at radius 2 is 1.95 bits per heavy atom. The van der Waals surface area contributed by atoms with Crippen molar-refractivity contribution in [3.63, 3.8) is 0 Å². The summed E-state index contributed by atoms with van der Waals surface area (Å²) < 4.78 is 6.33. The molecular weight excluding hydrogens is 354 g/mol. The molecule has 0 atom stereocenters. The van der Waals surface area contributed by atoms with Crippen molar-refractivity contribution >= 4 is 39.1 Å². The highest BCUT2D eigenvalue weighted by atomic mass is 79.9. The molecule has 1 amide bonds. The van der Waals surface area contributed by atoms with E-state index in [1.807, 2.05) is 38.1 Å². The average molecular weight is 369 g/mol. The zero-order chi connectivity index (χ0) is 15.4. The number of amides is 1. The number of nitrogens with one attached hydrogen (secondary N) is 1. The first-order valence-corrected chi connectivity index (χ1v) is 7.58. The number of ether oxygens (including phenoxy) is 1. The van der Waals surface area contributed by atoms with Crippen molar-refractivity contribution in [1.82, 2.24) is 0 Å². The number of carbonyl (C=O) groups is 1. The van der Waals surface area contributed by atoms with Gasteiger partial charge in [0.25, 0.3) is 5.91 Å². The maximum Gasteiger partial charge on any atom is 0.262 e. The molecule has 0 radical (unpaired) electrons. The van der Waals surface area contributed by atoms with Gasteiger partial charge in [0.05, 0.1) is 10.7 Å². The monoisotopic (exact) mass is 367 g/mol. The van der Waals surface area contributed by atoms with E-state index in [2.05, 4.69) is 21.2 Å². The number of rotatable bonds is 4. The predicted octanol–water partition coefficient (Wildman–Crippen LogP) is 4.74. The van der Waals surface area contributed by atoms with Gasteiger partial charge in [-0.05, 0) is 55.3 Å². The number of hydrogen-bond acceptors (Lipinski definition) is 2. The minimum atomic E-state index is -0.252. The molecule has 0 aromatic heterocycles. The Morgan fingerprint density at radius 3 is 2.62 bits per heavy atom. The molecule has 1 N–H and O–H groups in total. The van der Waals surface area contributed by atoms with Crippen molar-refractivity contribution in [3.05, 3.63) is 57.0 Å². The van der Waals surface area contributed by atoms with Gasteiger partial charge in [-0.25, -0.2) is 0 Å². The molecule has 0 aliphatic carbocycles. The molecule has 0 aliphatic heterocycles. The third-order valence-electron chi connectivity index (χ3n) is 3.05. The highest BCUT2D eigenvalue weighted by Crippen LogP contribution is 2.25. The molecule has 2 rings (SSSR count). The number of aryl methyl sites for hydroxylation is 2. The van der Waals surface area contributed by atoms with Crippen molar-refractivity contribution < 1.29 is 9.53 Å². The molecule has 0 spiro atoms. The van der Waals surface area contributed by atoms with Gasteiger partial charge in [-0.15, -0.1) is 0 Å². The number of halogens is 2. The maximum atomic E-state index is 11.9. The second kappa shape index (κ2) is 6.96. The summed E-state index contributed by atoms with van der Waals surface area (Å²) in [5.41, 5.74) is 2.88. The first-order chi connectivity index (χ1) is 9.95. The van der Waals surface area contributed by atoms with Crippen LogP contribution in [0, 0.1) is 13.8 Å². The fourth-order valence-electron chi connectivity index (χ4n) is 1.73. The molecule has 110 valence electrons. The SMILES string of the molecule is Cc1ccc(OCC(=O)Nc2ccc(Br)cc2Cl)cc1C. The van der Waals surface area contributed by atoms with Gasteiger partial charge in [0.15, 0.2) is 6.61 Å². The van der Waals surface area contributed by atoms with E-state index in [1.165, 1.54) is 5.56 Å². The largest absolute Gasteiger partial charge is 0.484 e. The van der Waals surface area contributed by atoms with E-state index in [-0.39, 0.29) is 12.5 Å². The summed E-state index contributed by atoms with van der Waals surface area (Å²) in [4.78, 5) is 11.9. The van der Waals surface area contributed by atoms with E-state index >= 15 is 0 Å². The van der Waals surface area contributed by atoms with E-state index in [0.717, 1.165) is 10.0 Å². The minimum absolute atomic E-state index is 0.0606. The zero-order valence-corrected chi connectivity index (χ0v) is 14.1. The van der Waals surface area contributed by atoms with Crippen LogP contribution in [-0.2, 0) is 4.79 Å². The molecule has 0 saturated heterocycles. The van der Waals surface area contributed by atoms with E-state index < -0.39 is 0 Å². The average Bonchev–Trinajstić information content (AvgIpc) is 2.43. The third-order valence-corrected chi connectivity index (χ3v) is 3.86. The summed E-state index contributed by atoms with van der Waals surface area (Å²) in [6, 6.07) is 11.0. The predicted molar refractivity (Wildman–Crippen MR) is 89.2 cm³/mol. The summed E-state index contributed by atoms with van der Waals surface area (Å²) in [6.45, 7) is 3.97. The molecule has 2 aromatic carbocycles. The van der Waals surface area contributed by atoms with E-state index in [1.54, 1.807) is 12.1 Å². The van der Waals surface area contributed by atoms with Crippen LogP contribution in [0.4, 0.5) is 5.69 Å². The van der Waals surface area contributed by atoms with E-state index in [9.17, 15) is 4.79 Å². The third kappa shape index (κ3) is 4.48. The Hall–Kier alpha value is -1.52. The van der Waals surface area contributed by atoms with Crippen LogP contribution in [0.2, 0.25) is 5.02 Å². The highest BCUT2D eigenvalue weighted by Gasteiger charge is 2.07. The highest BCUT2D eigenvalue weighted by molar-refractivity contribution is 9.10. The van der Waals surface area contributed by atoms with Gasteiger partial charge in [-0.3, -0.25) is 4.79 Å². The summed E-state index contributed by atoms with van der Waals surface area (Å²) in [5, 5.41) is 3.19. The normalized spacial score (nSPS) is 10.3. The summed E-state index contributed by atoms with van der Waals surface area (Å²) >= 11 is 9.36. The lowest BCUT2D eigenvalue weighted by molar-refractivity contribution is -0.118.